The standard InChI is InChI=1S/C7H6F2O.C7H12O/c1-10-5-2-3-6(8)7(9)4-5;8-6-7-4-2-1-3-5-7/h2-4H,1H3;6-7H,1-5H2. The molecule has 0 amide bonds. The molecule has 2 rings (SSSR count). The van der Waals surface area contributed by atoms with Crippen molar-refractivity contribution in [2.24, 2.45) is 5.92 Å². The maximum atomic E-state index is 12.3. The van der Waals surface area contributed by atoms with Gasteiger partial charge in [-0.05, 0) is 25.0 Å². The number of methoxy groups -OCH3 is 1. The normalized spacial score (nSPS) is 15.5. The number of ether oxygens (including phenoxy) is 1. The summed E-state index contributed by atoms with van der Waals surface area (Å²) in [4.78, 5) is 10.2. The van der Waals surface area contributed by atoms with Gasteiger partial charge in [-0.2, -0.15) is 0 Å². The van der Waals surface area contributed by atoms with Gasteiger partial charge in [-0.1, -0.05) is 19.3 Å². The molecule has 1 aliphatic carbocycles. The van der Waals surface area contributed by atoms with Crippen LogP contribution >= 0.6 is 0 Å². The van der Waals surface area contributed by atoms with E-state index in [4.69, 9.17) is 0 Å². The van der Waals surface area contributed by atoms with Crippen LogP contribution in [0.4, 0.5) is 8.78 Å². The minimum absolute atomic E-state index is 0.318. The molecule has 100 valence electrons. The first-order valence-electron chi connectivity index (χ1n) is 6.11. The molecule has 0 radical (unpaired) electrons. The van der Waals surface area contributed by atoms with Crippen molar-refractivity contribution in [1.82, 2.24) is 0 Å². The largest absolute Gasteiger partial charge is 0.497 e. The van der Waals surface area contributed by atoms with E-state index in [9.17, 15) is 13.6 Å². The van der Waals surface area contributed by atoms with Crippen molar-refractivity contribution in [3.05, 3.63) is 29.8 Å². The lowest BCUT2D eigenvalue weighted by Crippen LogP contribution is -2.06. The van der Waals surface area contributed by atoms with E-state index < -0.39 is 11.6 Å². The van der Waals surface area contributed by atoms with Gasteiger partial charge in [-0.3, -0.25) is 0 Å². The van der Waals surface area contributed by atoms with Gasteiger partial charge in [0.05, 0.1) is 7.11 Å². The van der Waals surface area contributed by atoms with Gasteiger partial charge in [-0.25, -0.2) is 8.78 Å². The van der Waals surface area contributed by atoms with Gasteiger partial charge in [0.1, 0.15) is 12.0 Å². The molecule has 1 saturated carbocycles. The average Bonchev–Trinajstić information content (AvgIpc) is 2.43. The Hall–Kier alpha value is -1.45. The van der Waals surface area contributed by atoms with Gasteiger partial charge in [0.15, 0.2) is 11.6 Å². The summed E-state index contributed by atoms with van der Waals surface area (Å²) < 4.78 is 29.2. The summed E-state index contributed by atoms with van der Waals surface area (Å²) in [7, 11) is 1.40. The molecular formula is C14H18F2O2. The van der Waals surface area contributed by atoms with Crippen LogP contribution in [-0.4, -0.2) is 13.4 Å². The molecular weight excluding hydrogens is 238 g/mol. The Bertz CT molecular complexity index is 374. The molecule has 18 heavy (non-hydrogen) atoms. The summed E-state index contributed by atoms with van der Waals surface area (Å²) in [6.07, 6.45) is 7.27. The molecule has 0 aromatic heterocycles. The fourth-order valence-corrected chi connectivity index (χ4v) is 1.87. The van der Waals surface area contributed by atoms with Crippen LogP contribution in [-0.2, 0) is 4.79 Å². The van der Waals surface area contributed by atoms with Gasteiger partial charge in [-0.15, -0.1) is 0 Å². The zero-order chi connectivity index (χ0) is 13.4. The fourth-order valence-electron chi connectivity index (χ4n) is 1.87. The highest BCUT2D eigenvalue weighted by Gasteiger charge is 2.10. The highest BCUT2D eigenvalue weighted by atomic mass is 19.2. The Balaban J connectivity index is 0.000000184. The lowest BCUT2D eigenvalue weighted by atomic mass is 9.91. The second-order valence-corrected chi connectivity index (χ2v) is 4.31. The second-order valence-electron chi connectivity index (χ2n) is 4.31. The van der Waals surface area contributed by atoms with E-state index in [0.29, 0.717) is 11.7 Å². The quantitative estimate of drug-likeness (QED) is 0.753. The van der Waals surface area contributed by atoms with E-state index in [-0.39, 0.29) is 0 Å². The van der Waals surface area contributed by atoms with Crippen LogP contribution in [0.3, 0.4) is 0 Å². The van der Waals surface area contributed by atoms with Crippen molar-refractivity contribution in [3.63, 3.8) is 0 Å². The third-order valence-electron chi connectivity index (χ3n) is 2.97. The van der Waals surface area contributed by atoms with Crippen molar-refractivity contribution in [2.45, 2.75) is 32.1 Å². The van der Waals surface area contributed by atoms with Crippen LogP contribution in [0.5, 0.6) is 5.75 Å². The van der Waals surface area contributed by atoms with Crippen LogP contribution in [0, 0.1) is 17.6 Å². The highest BCUT2D eigenvalue weighted by molar-refractivity contribution is 5.53. The lowest BCUT2D eigenvalue weighted by Gasteiger charge is -2.14. The minimum atomic E-state index is -0.889. The summed E-state index contributed by atoms with van der Waals surface area (Å²) >= 11 is 0. The topological polar surface area (TPSA) is 26.3 Å². The third-order valence-corrected chi connectivity index (χ3v) is 2.97. The molecule has 1 aromatic carbocycles. The fraction of sp³-hybridized carbons (Fsp3) is 0.500. The molecule has 1 aromatic rings. The summed E-state index contributed by atoms with van der Waals surface area (Å²) in [5.74, 6) is -1.03. The van der Waals surface area contributed by atoms with Crippen LogP contribution in [0.1, 0.15) is 32.1 Å². The summed E-state index contributed by atoms with van der Waals surface area (Å²) in [6, 6.07) is 3.38. The SMILES string of the molecule is COc1ccc(F)c(F)c1.O=CC1CCCCC1. The Labute approximate surface area is 106 Å². The minimum Gasteiger partial charge on any atom is -0.497 e. The van der Waals surface area contributed by atoms with E-state index in [2.05, 4.69) is 4.74 Å². The first-order valence-corrected chi connectivity index (χ1v) is 6.11. The van der Waals surface area contributed by atoms with E-state index in [1.165, 1.54) is 32.4 Å². The number of rotatable bonds is 2. The molecule has 0 heterocycles. The van der Waals surface area contributed by atoms with Crippen LogP contribution in [0.2, 0.25) is 0 Å². The Morgan fingerprint density at radius 2 is 1.83 bits per heavy atom. The molecule has 0 unspecified atom stereocenters. The second kappa shape index (κ2) is 7.80. The number of aldehydes is 1. The van der Waals surface area contributed by atoms with E-state index in [0.717, 1.165) is 31.3 Å². The molecule has 0 spiro atoms. The molecule has 1 aliphatic rings. The highest BCUT2D eigenvalue weighted by Crippen LogP contribution is 2.21. The molecule has 1 fully saturated rings. The molecule has 0 atom stereocenters. The van der Waals surface area contributed by atoms with Crippen LogP contribution < -0.4 is 4.74 Å². The number of carbonyl (C=O) groups is 1. The predicted molar refractivity (Wildman–Crippen MR) is 65.5 cm³/mol. The zero-order valence-corrected chi connectivity index (χ0v) is 10.5. The van der Waals surface area contributed by atoms with E-state index in [1.54, 1.807) is 0 Å². The van der Waals surface area contributed by atoms with Crippen molar-refractivity contribution < 1.29 is 18.3 Å². The van der Waals surface area contributed by atoms with E-state index >= 15 is 0 Å². The van der Waals surface area contributed by atoms with Gasteiger partial charge >= 0.3 is 0 Å². The Morgan fingerprint density at radius 1 is 1.17 bits per heavy atom. The molecule has 0 bridgehead atoms. The molecule has 0 saturated heterocycles. The van der Waals surface area contributed by atoms with Gasteiger partial charge in [0, 0.05) is 12.0 Å². The molecule has 0 aliphatic heterocycles. The van der Waals surface area contributed by atoms with Gasteiger partial charge < -0.3 is 9.53 Å². The first-order chi connectivity index (χ1) is 8.67. The monoisotopic (exact) mass is 256 g/mol. The van der Waals surface area contributed by atoms with Gasteiger partial charge in [0.25, 0.3) is 0 Å². The van der Waals surface area contributed by atoms with E-state index in [1.807, 2.05) is 0 Å². The van der Waals surface area contributed by atoms with Crippen LogP contribution in [0.15, 0.2) is 18.2 Å². The van der Waals surface area contributed by atoms with Crippen molar-refractivity contribution >= 4 is 6.29 Å². The number of carbonyl (C=O) groups excluding carboxylic acids is 1. The number of benzene rings is 1. The van der Waals surface area contributed by atoms with Gasteiger partial charge in [0.2, 0.25) is 0 Å². The lowest BCUT2D eigenvalue weighted by molar-refractivity contribution is -0.111. The number of hydrogen-bond acceptors (Lipinski definition) is 2. The van der Waals surface area contributed by atoms with Crippen LogP contribution in [0.25, 0.3) is 0 Å². The predicted octanol–water partition coefficient (Wildman–Crippen LogP) is 3.74. The maximum absolute atomic E-state index is 12.3. The van der Waals surface area contributed by atoms with Crippen molar-refractivity contribution in [3.8, 4) is 5.75 Å². The Kier molecular flexibility index (Phi) is 6.33. The summed E-state index contributed by atoms with van der Waals surface area (Å²) in [5.41, 5.74) is 0. The molecule has 0 N–H and O–H groups in total. The van der Waals surface area contributed by atoms with Crippen molar-refractivity contribution in [2.75, 3.05) is 7.11 Å². The number of halogens is 2. The first kappa shape index (κ1) is 14.6. The summed E-state index contributed by atoms with van der Waals surface area (Å²) in [5, 5.41) is 0. The maximum Gasteiger partial charge on any atom is 0.162 e. The third kappa shape index (κ3) is 4.82. The Morgan fingerprint density at radius 3 is 2.28 bits per heavy atom. The zero-order valence-electron chi connectivity index (χ0n) is 10.5. The smallest absolute Gasteiger partial charge is 0.162 e. The molecule has 2 nitrogen and oxygen atoms in total. The average molecular weight is 256 g/mol. The molecule has 4 heteroatoms. The summed E-state index contributed by atoms with van der Waals surface area (Å²) in [6.45, 7) is 0. The number of hydrogen-bond donors (Lipinski definition) is 0. The van der Waals surface area contributed by atoms with Crippen molar-refractivity contribution in [1.29, 1.82) is 0 Å².